The summed E-state index contributed by atoms with van der Waals surface area (Å²) >= 11 is 0. The molecule has 1 unspecified atom stereocenters. The van der Waals surface area contributed by atoms with E-state index in [1.807, 2.05) is 6.92 Å². The average molecular weight is 220 g/mol. The number of sulfone groups is 1. The van der Waals surface area contributed by atoms with Crippen molar-refractivity contribution in [1.29, 1.82) is 0 Å². The number of piperazine rings is 1. The molecule has 1 rings (SSSR count). The molecule has 0 aromatic heterocycles. The van der Waals surface area contributed by atoms with Crippen LogP contribution in [0.3, 0.4) is 0 Å². The second kappa shape index (κ2) is 4.27. The summed E-state index contributed by atoms with van der Waals surface area (Å²) in [6.07, 6.45) is 1.08. The average Bonchev–Trinajstić information content (AvgIpc) is 2.01. The van der Waals surface area contributed by atoms with Crippen molar-refractivity contribution in [1.82, 2.24) is 10.2 Å². The minimum atomic E-state index is -3.21. The van der Waals surface area contributed by atoms with Crippen LogP contribution in [0.4, 0.5) is 0 Å². The van der Waals surface area contributed by atoms with Gasteiger partial charge in [-0.15, -0.1) is 0 Å². The first-order chi connectivity index (χ1) is 6.40. The van der Waals surface area contributed by atoms with Gasteiger partial charge in [-0.05, 0) is 6.92 Å². The van der Waals surface area contributed by atoms with Crippen LogP contribution in [0.15, 0.2) is 0 Å². The highest BCUT2D eigenvalue weighted by Crippen LogP contribution is 2.03. The fourth-order valence-corrected chi connectivity index (χ4v) is 2.13. The van der Waals surface area contributed by atoms with Gasteiger partial charge in [-0.3, -0.25) is 4.79 Å². The molecule has 0 bridgehead atoms. The van der Waals surface area contributed by atoms with Crippen LogP contribution >= 0.6 is 0 Å². The van der Waals surface area contributed by atoms with E-state index in [9.17, 15) is 13.2 Å². The molecule has 1 heterocycles. The number of rotatable bonds is 2. The van der Waals surface area contributed by atoms with Gasteiger partial charge in [0.25, 0.3) is 0 Å². The van der Waals surface area contributed by atoms with Crippen molar-refractivity contribution >= 4 is 15.7 Å². The van der Waals surface area contributed by atoms with Crippen molar-refractivity contribution in [2.45, 2.75) is 13.0 Å². The van der Waals surface area contributed by atoms with Gasteiger partial charge in [0.15, 0.2) is 9.84 Å². The van der Waals surface area contributed by atoms with E-state index in [1.165, 1.54) is 0 Å². The highest BCUT2D eigenvalue weighted by Gasteiger charge is 2.24. The number of nitrogens with zero attached hydrogens (tertiary/aromatic N) is 1. The van der Waals surface area contributed by atoms with Crippen LogP contribution in [0.2, 0.25) is 0 Å². The van der Waals surface area contributed by atoms with Crippen molar-refractivity contribution in [2.24, 2.45) is 0 Å². The molecule has 1 saturated heterocycles. The summed E-state index contributed by atoms with van der Waals surface area (Å²) in [5, 5.41) is 3.14. The van der Waals surface area contributed by atoms with E-state index in [0.29, 0.717) is 6.54 Å². The lowest BCUT2D eigenvalue weighted by molar-refractivity contribution is -0.131. The lowest BCUT2D eigenvalue weighted by atomic mass is 10.2. The van der Waals surface area contributed by atoms with Gasteiger partial charge in [0.1, 0.15) is 5.75 Å². The Labute approximate surface area is 84.4 Å². The zero-order valence-corrected chi connectivity index (χ0v) is 9.30. The van der Waals surface area contributed by atoms with Crippen LogP contribution in [0.1, 0.15) is 6.92 Å². The first-order valence-electron chi connectivity index (χ1n) is 4.58. The third kappa shape index (κ3) is 3.26. The van der Waals surface area contributed by atoms with E-state index in [-0.39, 0.29) is 17.7 Å². The number of nitrogens with one attached hydrogen (secondary N) is 1. The van der Waals surface area contributed by atoms with Gasteiger partial charge in [0, 0.05) is 31.9 Å². The molecular weight excluding hydrogens is 204 g/mol. The van der Waals surface area contributed by atoms with E-state index >= 15 is 0 Å². The smallest absolute Gasteiger partial charge is 0.238 e. The molecule has 1 aliphatic heterocycles. The van der Waals surface area contributed by atoms with E-state index < -0.39 is 9.84 Å². The molecule has 0 aromatic carbocycles. The molecule has 14 heavy (non-hydrogen) atoms. The van der Waals surface area contributed by atoms with Crippen LogP contribution in [-0.2, 0) is 14.6 Å². The molecule has 6 heteroatoms. The minimum Gasteiger partial charge on any atom is -0.337 e. The van der Waals surface area contributed by atoms with E-state index in [1.54, 1.807) is 4.90 Å². The molecule has 0 aromatic rings. The van der Waals surface area contributed by atoms with Gasteiger partial charge >= 0.3 is 0 Å². The predicted octanol–water partition coefficient (Wildman–Crippen LogP) is -1.15. The number of carbonyl (C=O) groups excluding carboxylic acids is 1. The maximum absolute atomic E-state index is 11.5. The Morgan fingerprint density at radius 1 is 1.57 bits per heavy atom. The van der Waals surface area contributed by atoms with Crippen LogP contribution in [0.25, 0.3) is 0 Å². The molecular formula is C8H16N2O3S. The quantitative estimate of drug-likeness (QED) is 0.638. The molecule has 1 N–H and O–H groups in total. The second-order valence-corrected chi connectivity index (χ2v) is 5.85. The Morgan fingerprint density at radius 2 is 2.21 bits per heavy atom. The summed E-state index contributed by atoms with van der Waals surface area (Å²) in [5.41, 5.74) is 0. The van der Waals surface area contributed by atoms with E-state index in [0.717, 1.165) is 19.3 Å². The minimum absolute atomic E-state index is 0.0815. The summed E-state index contributed by atoms with van der Waals surface area (Å²) < 4.78 is 21.9. The molecule has 1 fully saturated rings. The highest BCUT2D eigenvalue weighted by molar-refractivity contribution is 7.91. The van der Waals surface area contributed by atoms with Crippen molar-refractivity contribution in [3.8, 4) is 0 Å². The first-order valence-corrected chi connectivity index (χ1v) is 6.64. The Morgan fingerprint density at radius 3 is 2.71 bits per heavy atom. The maximum atomic E-state index is 11.5. The number of hydrogen-bond acceptors (Lipinski definition) is 4. The first kappa shape index (κ1) is 11.5. The molecule has 0 saturated carbocycles. The van der Waals surface area contributed by atoms with Crippen LogP contribution in [-0.4, -0.2) is 56.9 Å². The predicted molar refractivity (Wildman–Crippen MR) is 53.8 cm³/mol. The van der Waals surface area contributed by atoms with E-state index in [4.69, 9.17) is 0 Å². The van der Waals surface area contributed by atoms with Crippen LogP contribution in [0, 0.1) is 0 Å². The summed E-state index contributed by atoms with van der Waals surface area (Å²) in [7, 11) is -3.21. The topological polar surface area (TPSA) is 66.5 Å². The fraction of sp³-hybridized carbons (Fsp3) is 0.875. The Hall–Kier alpha value is -0.620. The molecule has 0 aliphatic carbocycles. The number of hydrogen-bond donors (Lipinski definition) is 1. The monoisotopic (exact) mass is 220 g/mol. The number of amides is 1. The lowest BCUT2D eigenvalue weighted by Crippen LogP contribution is -2.53. The summed E-state index contributed by atoms with van der Waals surface area (Å²) in [5.74, 6) is -0.668. The molecule has 1 atom stereocenters. The van der Waals surface area contributed by atoms with Gasteiger partial charge in [-0.2, -0.15) is 0 Å². The largest absolute Gasteiger partial charge is 0.337 e. The summed E-state index contributed by atoms with van der Waals surface area (Å²) in [6, 6.07) is 0.0815. The van der Waals surface area contributed by atoms with Crippen molar-refractivity contribution in [3.63, 3.8) is 0 Å². The van der Waals surface area contributed by atoms with E-state index in [2.05, 4.69) is 5.32 Å². The zero-order chi connectivity index (χ0) is 10.8. The summed E-state index contributed by atoms with van der Waals surface area (Å²) in [4.78, 5) is 13.2. The molecule has 0 radical (unpaired) electrons. The zero-order valence-electron chi connectivity index (χ0n) is 8.49. The molecule has 1 amide bonds. The van der Waals surface area contributed by atoms with Gasteiger partial charge < -0.3 is 10.2 Å². The standard InChI is InChI=1S/C8H16N2O3S/c1-7-5-9-3-4-10(7)8(11)6-14(2,12)13/h7,9H,3-6H2,1-2H3. The summed E-state index contributed by atoms with van der Waals surface area (Å²) in [6.45, 7) is 3.97. The normalized spacial score (nSPS) is 23.6. The lowest BCUT2D eigenvalue weighted by Gasteiger charge is -2.33. The molecule has 82 valence electrons. The number of carbonyl (C=O) groups is 1. The Bertz CT molecular complexity index is 313. The fourth-order valence-electron chi connectivity index (χ4n) is 1.52. The van der Waals surface area contributed by atoms with Crippen molar-refractivity contribution in [2.75, 3.05) is 31.6 Å². The second-order valence-electron chi connectivity index (χ2n) is 3.71. The SMILES string of the molecule is CC1CNCCN1C(=O)CS(C)(=O)=O. The third-order valence-electron chi connectivity index (χ3n) is 2.21. The maximum Gasteiger partial charge on any atom is 0.238 e. The van der Waals surface area contributed by atoms with Gasteiger partial charge in [-0.1, -0.05) is 0 Å². The third-order valence-corrected chi connectivity index (χ3v) is 2.98. The Kier molecular flexibility index (Phi) is 3.49. The highest BCUT2D eigenvalue weighted by atomic mass is 32.2. The van der Waals surface area contributed by atoms with Crippen molar-refractivity contribution in [3.05, 3.63) is 0 Å². The Balaban J connectivity index is 2.59. The van der Waals surface area contributed by atoms with Gasteiger partial charge in [0.05, 0.1) is 0 Å². The molecule has 5 nitrogen and oxygen atoms in total. The van der Waals surface area contributed by atoms with Crippen LogP contribution < -0.4 is 5.32 Å². The molecule has 0 spiro atoms. The van der Waals surface area contributed by atoms with Crippen molar-refractivity contribution < 1.29 is 13.2 Å². The van der Waals surface area contributed by atoms with Crippen LogP contribution in [0.5, 0.6) is 0 Å². The van der Waals surface area contributed by atoms with Gasteiger partial charge in [-0.25, -0.2) is 8.42 Å². The van der Waals surface area contributed by atoms with Gasteiger partial charge in [0.2, 0.25) is 5.91 Å². The molecule has 1 aliphatic rings.